The van der Waals surface area contributed by atoms with Crippen molar-refractivity contribution in [3.8, 4) is 0 Å². The van der Waals surface area contributed by atoms with Crippen molar-refractivity contribution in [2.24, 2.45) is 4.99 Å². The quantitative estimate of drug-likeness (QED) is 0.533. The molecule has 0 aromatic heterocycles. The number of aliphatic imine (C=N–C) groups is 1. The van der Waals surface area contributed by atoms with E-state index >= 15 is 0 Å². The van der Waals surface area contributed by atoms with Crippen LogP contribution in [0.2, 0.25) is 0 Å². The van der Waals surface area contributed by atoms with E-state index in [2.05, 4.69) is 11.6 Å². The van der Waals surface area contributed by atoms with Crippen molar-refractivity contribution in [2.75, 3.05) is 0 Å². The first-order valence-corrected chi connectivity index (χ1v) is 4.58. The molecule has 2 nitrogen and oxygen atoms in total. The fourth-order valence-electron chi connectivity index (χ4n) is 1.60. The van der Waals surface area contributed by atoms with Crippen LogP contribution in [-0.2, 0) is 4.79 Å². The van der Waals surface area contributed by atoms with Crippen LogP contribution in [0.25, 0.3) is 16.8 Å². The summed E-state index contributed by atoms with van der Waals surface area (Å²) in [6.07, 6.45) is 3.34. The van der Waals surface area contributed by atoms with Crippen molar-refractivity contribution >= 4 is 28.6 Å². The number of benzene rings is 2. The molecule has 0 radical (unpaired) electrons. The van der Waals surface area contributed by atoms with E-state index < -0.39 is 0 Å². The van der Waals surface area contributed by atoms with Gasteiger partial charge in [-0.1, -0.05) is 36.9 Å². The van der Waals surface area contributed by atoms with Crippen LogP contribution in [0.4, 0.5) is 5.69 Å². The SMILES string of the molecule is C=Cc1cccc2cc(N=C=O)ccc12. The minimum Gasteiger partial charge on any atom is -0.211 e. The summed E-state index contributed by atoms with van der Waals surface area (Å²) in [6, 6.07) is 11.5. The van der Waals surface area contributed by atoms with Crippen LogP contribution in [0.5, 0.6) is 0 Å². The molecule has 0 aliphatic carbocycles. The Morgan fingerprint density at radius 1 is 1.27 bits per heavy atom. The highest BCUT2D eigenvalue weighted by Crippen LogP contribution is 2.24. The van der Waals surface area contributed by atoms with Gasteiger partial charge in [-0.3, -0.25) is 0 Å². The number of hydrogen-bond donors (Lipinski definition) is 0. The molecule has 72 valence electrons. The molecule has 0 amide bonds. The van der Waals surface area contributed by atoms with Crippen LogP contribution in [0.1, 0.15) is 5.56 Å². The molecule has 0 fully saturated rings. The van der Waals surface area contributed by atoms with Gasteiger partial charge in [0.15, 0.2) is 0 Å². The van der Waals surface area contributed by atoms with E-state index in [1.165, 1.54) is 6.08 Å². The van der Waals surface area contributed by atoms with E-state index in [0.717, 1.165) is 16.3 Å². The number of hydrogen-bond acceptors (Lipinski definition) is 2. The number of carbonyl (C=O) groups excluding carboxylic acids is 1. The summed E-state index contributed by atoms with van der Waals surface area (Å²) in [4.78, 5) is 13.7. The van der Waals surface area contributed by atoms with Gasteiger partial charge in [0.1, 0.15) is 0 Å². The highest BCUT2D eigenvalue weighted by atomic mass is 16.1. The Kier molecular flexibility index (Phi) is 2.44. The Morgan fingerprint density at radius 2 is 2.13 bits per heavy atom. The molecule has 0 N–H and O–H groups in total. The fraction of sp³-hybridized carbons (Fsp3) is 0. The molecule has 0 unspecified atom stereocenters. The number of fused-ring (bicyclic) bond motifs is 1. The van der Waals surface area contributed by atoms with Gasteiger partial charge in [0, 0.05) is 0 Å². The monoisotopic (exact) mass is 195 g/mol. The lowest BCUT2D eigenvalue weighted by Gasteiger charge is -2.02. The van der Waals surface area contributed by atoms with Gasteiger partial charge in [-0.15, -0.1) is 0 Å². The largest absolute Gasteiger partial charge is 0.240 e. The molecule has 15 heavy (non-hydrogen) atoms. The summed E-state index contributed by atoms with van der Waals surface area (Å²) >= 11 is 0. The molecule has 2 aromatic carbocycles. The van der Waals surface area contributed by atoms with Crippen LogP contribution in [-0.4, -0.2) is 6.08 Å². The molecule has 0 spiro atoms. The molecular formula is C13H9NO. The lowest BCUT2D eigenvalue weighted by Crippen LogP contribution is -1.77. The van der Waals surface area contributed by atoms with Crippen molar-refractivity contribution in [2.45, 2.75) is 0 Å². The molecule has 2 aromatic rings. The Balaban J connectivity index is 2.73. The van der Waals surface area contributed by atoms with Crippen LogP contribution in [0.15, 0.2) is 48.0 Å². The lowest BCUT2D eigenvalue weighted by molar-refractivity contribution is 0.565. The Morgan fingerprint density at radius 3 is 2.87 bits per heavy atom. The van der Waals surface area contributed by atoms with E-state index in [1.54, 1.807) is 6.07 Å². The summed E-state index contributed by atoms with van der Waals surface area (Å²) in [5.74, 6) is 0. The Hall–Kier alpha value is -2.18. The number of rotatable bonds is 2. The zero-order chi connectivity index (χ0) is 10.7. The second-order valence-electron chi connectivity index (χ2n) is 3.16. The topological polar surface area (TPSA) is 29.4 Å². The summed E-state index contributed by atoms with van der Waals surface area (Å²) in [5, 5.41) is 2.15. The fourth-order valence-corrected chi connectivity index (χ4v) is 1.60. The average molecular weight is 195 g/mol. The Bertz CT molecular complexity index is 566. The maximum absolute atomic E-state index is 10.1. The van der Waals surface area contributed by atoms with Gasteiger partial charge in [0.25, 0.3) is 0 Å². The van der Waals surface area contributed by atoms with Gasteiger partial charge in [-0.05, 0) is 28.5 Å². The molecule has 0 saturated carbocycles. The first kappa shape index (κ1) is 9.38. The third-order valence-corrected chi connectivity index (χ3v) is 2.29. The zero-order valence-electron chi connectivity index (χ0n) is 8.10. The molecule has 2 rings (SSSR count). The van der Waals surface area contributed by atoms with E-state index in [-0.39, 0.29) is 0 Å². The smallest absolute Gasteiger partial charge is 0.211 e. The molecule has 0 heterocycles. The van der Waals surface area contributed by atoms with Crippen LogP contribution < -0.4 is 0 Å². The molecule has 0 saturated heterocycles. The van der Waals surface area contributed by atoms with Crippen LogP contribution in [0.3, 0.4) is 0 Å². The second-order valence-corrected chi connectivity index (χ2v) is 3.16. The van der Waals surface area contributed by atoms with E-state index in [9.17, 15) is 4.79 Å². The summed E-state index contributed by atoms with van der Waals surface area (Å²) < 4.78 is 0. The molecule has 0 aliphatic heterocycles. The van der Waals surface area contributed by atoms with Crippen molar-refractivity contribution in [3.05, 3.63) is 48.5 Å². The van der Waals surface area contributed by atoms with Crippen LogP contribution in [0, 0.1) is 0 Å². The number of nitrogens with zero attached hydrogens (tertiary/aromatic N) is 1. The van der Waals surface area contributed by atoms with Gasteiger partial charge < -0.3 is 0 Å². The molecule has 2 heteroatoms. The predicted octanol–water partition coefficient (Wildman–Crippen LogP) is 3.45. The van der Waals surface area contributed by atoms with Gasteiger partial charge >= 0.3 is 0 Å². The van der Waals surface area contributed by atoms with Gasteiger partial charge in [-0.25, -0.2) is 4.79 Å². The van der Waals surface area contributed by atoms with Crippen molar-refractivity contribution < 1.29 is 4.79 Å². The third-order valence-electron chi connectivity index (χ3n) is 2.29. The van der Waals surface area contributed by atoms with Gasteiger partial charge in [0.2, 0.25) is 6.08 Å². The zero-order valence-corrected chi connectivity index (χ0v) is 8.10. The first-order valence-electron chi connectivity index (χ1n) is 4.58. The minimum absolute atomic E-state index is 0.624. The molecule has 0 aliphatic rings. The highest BCUT2D eigenvalue weighted by molar-refractivity contribution is 5.92. The summed E-state index contributed by atoms with van der Waals surface area (Å²) in [7, 11) is 0. The minimum atomic E-state index is 0.624. The Labute approximate surface area is 87.6 Å². The van der Waals surface area contributed by atoms with E-state index in [4.69, 9.17) is 0 Å². The van der Waals surface area contributed by atoms with Crippen LogP contribution >= 0.6 is 0 Å². The molecule has 0 bridgehead atoms. The summed E-state index contributed by atoms with van der Waals surface area (Å²) in [6.45, 7) is 3.75. The first-order chi connectivity index (χ1) is 7.35. The maximum Gasteiger partial charge on any atom is 0.240 e. The average Bonchev–Trinajstić information content (AvgIpc) is 2.28. The van der Waals surface area contributed by atoms with Crippen molar-refractivity contribution in [1.29, 1.82) is 0 Å². The number of isocyanates is 1. The molecule has 0 atom stereocenters. The lowest BCUT2D eigenvalue weighted by atomic mass is 10.0. The predicted molar refractivity (Wildman–Crippen MR) is 61.8 cm³/mol. The third kappa shape index (κ3) is 1.71. The summed E-state index contributed by atoms with van der Waals surface area (Å²) in [5.41, 5.74) is 1.70. The van der Waals surface area contributed by atoms with Crippen molar-refractivity contribution in [1.82, 2.24) is 0 Å². The van der Waals surface area contributed by atoms with Crippen molar-refractivity contribution in [3.63, 3.8) is 0 Å². The van der Waals surface area contributed by atoms with E-state index in [0.29, 0.717) is 5.69 Å². The molecular weight excluding hydrogens is 186 g/mol. The maximum atomic E-state index is 10.1. The van der Waals surface area contributed by atoms with Gasteiger partial charge in [0.05, 0.1) is 5.69 Å². The van der Waals surface area contributed by atoms with E-state index in [1.807, 2.05) is 36.4 Å². The standard InChI is InChI=1S/C13H9NO/c1-2-10-4-3-5-11-8-12(14-9-15)6-7-13(10)11/h2-8H,1H2. The second kappa shape index (κ2) is 3.91. The highest BCUT2D eigenvalue weighted by Gasteiger charge is 1.98. The normalized spacial score (nSPS) is 9.60. The van der Waals surface area contributed by atoms with Gasteiger partial charge in [-0.2, -0.15) is 4.99 Å².